The zero-order valence-corrected chi connectivity index (χ0v) is 13.8. The lowest BCUT2D eigenvalue weighted by Crippen LogP contribution is -1.97. The number of methoxy groups -OCH3 is 1. The molecule has 1 heterocycles. The number of hydrogen-bond donors (Lipinski definition) is 0. The second-order valence-corrected chi connectivity index (χ2v) is 5.41. The Hall–Kier alpha value is -2.93. The molecule has 24 heavy (non-hydrogen) atoms. The zero-order chi connectivity index (χ0) is 16.9. The van der Waals surface area contributed by atoms with Crippen LogP contribution in [-0.2, 0) is 6.42 Å². The highest BCUT2D eigenvalue weighted by Gasteiger charge is 2.15. The summed E-state index contributed by atoms with van der Waals surface area (Å²) in [7, 11) is 1.62. The smallest absolute Gasteiger partial charge is 0.161 e. The predicted molar refractivity (Wildman–Crippen MR) is 92.5 cm³/mol. The first-order valence-electron chi connectivity index (χ1n) is 7.94. The average molecular weight is 321 g/mol. The summed E-state index contributed by atoms with van der Waals surface area (Å²) >= 11 is 0. The fourth-order valence-electron chi connectivity index (χ4n) is 2.86. The van der Waals surface area contributed by atoms with Gasteiger partial charge in [-0.25, -0.2) is 0 Å². The van der Waals surface area contributed by atoms with Crippen molar-refractivity contribution in [2.45, 2.75) is 13.3 Å². The topological polar surface area (TPSA) is 51.5 Å². The first-order valence-corrected chi connectivity index (χ1v) is 7.94. The molecule has 3 rings (SSSR count). The van der Waals surface area contributed by atoms with Crippen LogP contribution in [-0.4, -0.2) is 20.3 Å². The van der Waals surface area contributed by atoms with Gasteiger partial charge in [-0.05, 0) is 53.5 Å². The standard InChI is InChI=1S/C20H19NO3/c1-3-23-20-13-15(5-7-19(20)22-2)17(8-10-21)14-4-6-18-16(12-14)9-11-24-18/h4-8,12-13H,3,9,11H2,1-2H3/b17-8+. The summed E-state index contributed by atoms with van der Waals surface area (Å²) in [5.41, 5.74) is 3.94. The first kappa shape index (κ1) is 15.9. The lowest BCUT2D eigenvalue weighted by atomic mass is 9.95. The molecule has 0 atom stereocenters. The van der Waals surface area contributed by atoms with Crippen LogP contribution in [0.1, 0.15) is 23.6 Å². The fourth-order valence-corrected chi connectivity index (χ4v) is 2.86. The Morgan fingerprint density at radius 3 is 2.75 bits per heavy atom. The van der Waals surface area contributed by atoms with Crippen LogP contribution in [0, 0.1) is 11.3 Å². The molecule has 0 unspecified atom stereocenters. The zero-order valence-electron chi connectivity index (χ0n) is 13.8. The number of rotatable bonds is 5. The Labute approximate surface area is 141 Å². The average Bonchev–Trinajstić information content (AvgIpc) is 3.07. The number of fused-ring (bicyclic) bond motifs is 1. The molecule has 0 bridgehead atoms. The van der Waals surface area contributed by atoms with Crippen molar-refractivity contribution < 1.29 is 14.2 Å². The molecule has 0 N–H and O–H groups in total. The van der Waals surface area contributed by atoms with Crippen LogP contribution in [0.25, 0.3) is 5.57 Å². The van der Waals surface area contributed by atoms with Crippen LogP contribution < -0.4 is 14.2 Å². The second-order valence-electron chi connectivity index (χ2n) is 5.41. The van der Waals surface area contributed by atoms with Crippen LogP contribution in [0.15, 0.2) is 42.5 Å². The summed E-state index contributed by atoms with van der Waals surface area (Å²) in [5, 5.41) is 9.22. The Morgan fingerprint density at radius 2 is 2.00 bits per heavy atom. The van der Waals surface area contributed by atoms with E-state index >= 15 is 0 Å². The Balaban J connectivity index is 2.05. The normalized spacial score (nSPS) is 13.0. The molecular weight excluding hydrogens is 302 g/mol. The van der Waals surface area contributed by atoms with Gasteiger partial charge in [-0.2, -0.15) is 5.26 Å². The molecule has 0 fully saturated rings. The third-order valence-electron chi connectivity index (χ3n) is 3.98. The third-order valence-corrected chi connectivity index (χ3v) is 3.98. The number of nitrogens with zero attached hydrogens (tertiary/aromatic N) is 1. The van der Waals surface area contributed by atoms with Gasteiger partial charge in [0.25, 0.3) is 0 Å². The molecule has 4 heteroatoms. The van der Waals surface area contributed by atoms with Gasteiger partial charge in [0.15, 0.2) is 11.5 Å². The molecule has 1 aliphatic heterocycles. The lowest BCUT2D eigenvalue weighted by Gasteiger charge is -2.13. The van der Waals surface area contributed by atoms with Crippen molar-refractivity contribution >= 4 is 5.57 Å². The largest absolute Gasteiger partial charge is 0.493 e. The number of hydrogen-bond acceptors (Lipinski definition) is 4. The van der Waals surface area contributed by atoms with E-state index in [1.807, 2.05) is 37.3 Å². The molecule has 0 saturated heterocycles. The highest BCUT2D eigenvalue weighted by atomic mass is 16.5. The van der Waals surface area contributed by atoms with Crippen molar-refractivity contribution in [3.8, 4) is 23.3 Å². The third kappa shape index (κ3) is 3.07. The van der Waals surface area contributed by atoms with Gasteiger partial charge < -0.3 is 14.2 Å². The SMILES string of the molecule is CCOc1cc(/C(=C/C#N)c2ccc3c(c2)CCO3)ccc1OC. The van der Waals surface area contributed by atoms with Gasteiger partial charge in [0, 0.05) is 12.5 Å². The number of ether oxygens (including phenoxy) is 3. The van der Waals surface area contributed by atoms with Crippen LogP contribution in [0.5, 0.6) is 17.2 Å². The van der Waals surface area contributed by atoms with Crippen molar-refractivity contribution in [1.82, 2.24) is 0 Å². The van der Waals surface area contributed by atoms with E-state index in [0.717, 1.165) is 28.9 Å². The van der Waals surface area contributed by atoms with Gasteiger partial charge >= 0.3 is 0 Å². The molecule has 122 valence electrons. The van der Waals surface area contributed by atoms with Crippen LogP contribution >= 0.6 is 0 Å². The summed E-state index contributed by atoms with van der Waals surface area (Å²) in [5.74, 6) is 2.28. The van der Waals surface area contributed by atoms with E-state index in [0.29, 0.717) is 24.7 Å². The monoisotopic (exact) mass is 321 g/mol. The first-order chi connectivity index (χ1) is 11.8. The molecular formula is C20H19NO3. The lowest BCUT2D eigenvalue weighted by molar-refractivity contribution is 0.311. The van der Waals surface area contributed by atoms with E-state index in [1.54, 1.807) is 13.2 Å². The summed E-state index contributed by atoms with van der Waals surface area (Å²) in [6.45, 7) is 3.19. The minimum absolute atomic E-state index is 0.549. The summed E-state index contributed by atoms with van der Waals surface area (Å²) in [6, 6.07) is 13.9. The molecule has 4 nitrogen and oxygen atoms in total. The van der Waals surface area contributed by atoms with Gasteiger partial charge in [0.1, 0.15) is 5.75 Å². The fraction of sp³-hybridized carbons (Fsp3) is 0.250. The van der Waals surface area contributed by atoms with Crippen molar-refractivity contribution in [1.29, 1.82) is 5.26 Å². The van der Waals surface area contributed by atoms with E-state index in [-0.39, 0.29) is 0 Å². The van der Waals surface area contributed by atoms with Crippen molar-refractivity contribution in [3.63, 3.8) is 0 Å². The number of nitriles is 1. The predicted octanol–water partition coefficient (Wildman–Crippen LogP) is 3.98. The van der Waals surface area contributed by atoms with Gasteiger partial charge in [0.2, 0.25) is 0 Å². The molecule has 0 radical (unpaired) electrons. The van der Waals surface area contributed by atoms with Gasteiger partial charge in [-0.15, -0.1) is 0 Å². The van der Waals surface area contributed by atoms with Crippen molar-refractivity contribution in [3.05, 3.63) is 59.2 Å². The molecule has 2 aromatic rings. The molecule has 0 saturated carbocycles. The number of allylic oxidation sites excluding steroid dienone is 1. The minimum Gasteiger partial charge on any atom is -0.493 e. The van der Waals surface area contributed by atoms with E-state index in [2.05, 4.69) is 12.1 Å². The van der Waals surface area contributed by atoms with Gasteiger partial charge in [-0.1, -0.05) is 12.1 Å². The molecule has 0 aromatic heterocycles. The maximum Gasteiger partial charge on any atom is 0.161 e. The van der Waals surface area contributed by atoms with E-state index in [9.17, 15) is 5.26 Å². The van der Waals surface area contributed by atoms with Crippen LogP contribution in [0.4, 0.5) is 0 Å². The van der Waals surface area contributed by atoms with E-state index < -0.39 is 0 Å². The highest BCUT2D eigenvalue weighted by molar-refractivity contribution is 5.82. The molecule has 0 spiro atoms. The maximum absolute atomic E-state index is 9.22. The van der Waals surface area contributed by atoms with Crippen molar-refractivity contribution in [2.75, 3.05) is 20.3 Å². The summed E-state index contributed by atoms with van der Waals surface area (Å²) in [4.78, 5) is 0. The van der Waals surface area contributed by atoms with E-state index in [4.69, 9.17) is 14.2 Å². The highest BCUT2D eigenvalue weighted by Crippen LogP contribution is 2.35. The Morgan fingerprint density at radius 1 is 1.21 bits per heavy atom. The molecule has 0 aliphatic carbocycles. The van der Waals surface area contributed by atoms with Crippen molar-refractivity contribution in [2.24, 2.45) is 0 Å². The van der Waals surface area contributed by atoms with E-state index in [1.165, 1.54) is 5.56 Å². The molecule has 2 aromatic carbocycles. The molecule has 1 aliphatic rings. The number of benzene rings is 2. The molecule has 0 amide bonds. The maximum atomic E-state index is 9.22. The summed E-state index contributed by atoms with van der Waals surface area (Å²) < 4.78 is 16.5. The van der Waals surface area contributed by atoms with Gasteiger partial charge in [-0.3, -0.25) is 0 Å². The minimum atomic E-state index is 0.549. The van der Waals surface area contributed by atoms with Crippen LogP contribution in [0.3, 0.4) is 0 Å². The Bertz CT molecular complexity index is 818. The quantitative estimate of drug-likeness (QED) is 0.782. The summed E-state index contributed by atoms with van der Waals surface area (Å²) in [6.07, 6.45) is 2.46. The van der Waals surface area contributed by atoms with Gasteiger partial charge in [0.05, 0.1) is 26.4 Å². The van der Waals surface area contributed by atoms with Crippen LogP contribution in [0.2, 0.25) is 0 Å². The Kier molecular flexibility index (Phi) is 4.72. The second kappa shape index (κ2) is 7.10.